The van der Waals surface area contributed by atoms with E-state index >= 15 is 0 Å². The van der Waals surface area contributed by atoms with Crippen LogP contribution in [0, 0.1) is 0 Å². The average molecular weight is 509 g/mol. The minimum absolute atomic E-state index is 0.174. The molecule has 0 aliphatic heterocycles. The van der Waals surface area contributed by atoms with E-state index in [-0.39, 0.29) is 13.2 Å². The predicted molar refractivity (Wildman–Crippen MR) is 143 cm³/mol. The van der Waals surface area contributed by atoms with Crippen molar-refractivity contribution in [2.75, 3.05) is 27.4 Å². The van der Waals surface area contributed by atoms with Gasteiger partial charge in [0.15, 0.2) is 13.2 Å². The summed E-state index contributed by atoms with van der Waals surface area (Å²) in [6.07, 6.45) is 0. The first-order chi connectivity index (χ1) is 18.6. The van der Waals surface area contributed by atoms with Crippen molar-refractivity contribution in [3.8, 4) is 34.1 Å². The topological polar surface area (TPSA) is 96.8 Å². The van der Waals surface area contributed by atoms with Gasteiger partial charge in [0.2, 0.25) is 0 Å². The number of nitrogens with zero attached hydrogens (tertiary/aromatic N) is 2. The van der Waals surface area contributed by atoms with Crippen LogP contribution in [0.2, 0.25) is 0 Å². The zero-order chi connectivity index (χ0) is 26.5. The van der Waals surface area contributed by atoms with E-state index in [1.807, 2.05) is 78.9 Å². The molecule has 38 heavy (non-hydrogen) atoms. The van der Waals surface area contributed by atoms with Crippen LogP contribution in [0.5, 0.6) is 11.5 Å². The second kappa shape index (κ2) is 11.0. The molecule has 5 rings (SSSR count). The third-order valence-electron chi connectivity index (χ3n) is 5.98. The number of carbonyl (C=O) groups excluding carboxylic acids is 2. The van der Waals surface area contributed by atoms with Gasteiger partial charge in [-0.1, -0.05) is 48.5 Å². The van der Waals surface area contributed by atoms with Crippen LogP contribution in [0.4, 0.5) is 0 Å². The lowest BCUT2D eigenvalue weighted by Gasteiger charge is -2.11. The van der Waals surface area contributed by atoms with Gasteiger partial charge in [-0.15, -0.1) is 0 Å². The summed E-state index contributed by atoms with van der Waals surface area (Å²) in [6, 6.07) is 26.8. The lowest BCUT2D eigenvalue weighted by atomic mass is 10.0. The number of hydrogen-bond acceptors (Lipinski definition) is 8. The van der Waals surface area contributed by atoms with Gasteiger partial charge in [0.1, 0.15) is 17.0 Å². The quantitative estimate of drug-likeness (QED) is 0.263. The Balaban J connectivity index is 1.49. The molecule has 0 radical (unpaired) electrons. The standard InChI is InChI=1S/C30H24N2O6/c1-35-28(33)17-37-26-10-3-6-19-12-13-21(16-22(19)26)23-8-5-9-24(31-23)25-15-14-20-7-4-11-27(30(20)32-25)38-18-29(34)36-2/h3-16H,17-18H2,1-2H3. The number of fused-ring (bicyclic) bond motifs is 2. The molecule has 190 valence electrons. The molecule has 0 aliphatic carbocycles. The van der Waals surface area contributed by atoms with Crippen molar-refractivity contribution in [2.45, 2.75) is 0 Å². The molecule has 0 fully saturated rings. The molecule has 0 spiro atoms. The van der Waals surface area contributed by atoms with Gasteiger partial charge >= 0.3 is 11.9 Å². The van der Waals surface area contributed by atoms with E-state index in [1.165, 1.54) is 14.2 Å². The van der Waals surface area contributed by atoms with Crippen molar-refractivity contribution in [2.24, 2.45) is 0 Å². The van der Waals surface area contributed by atoms with Crippen molar-refractivity contribution >= 4 is 33.6 Å². The molecule has 8 nitrogen and oxygen atoms in total. The Kier molecular flexibility index (Phi) is 7.13. The average Bonchev–Trinajstić information content (AvgIpc) is 2.98. The fraction of sp³-hybridized carbons (Fsp3) is 0.133. The fourth-order valence-corrected chi connectivity index (χ4v) is 4.04. The van der Waals surface area contributed by atoms with E-state index < -0.39 is 11.9 Å². The van der Waals surface area contributed by atoms with E-state index in [2.05, 4.69) is 9.47 Å². The molecule has 0 aliphatic rings. The smallest absolute Gasteiger partial charge is 0.343 e. The Morgan fingerprint density at radius 1 is 0.632 bits per heavy atom. The molecule has 0 amide bonds. The molecule has 3 aromatic carbocycles. The number of hydrogen-bond donors (Lipinski definition) is 0. The summed E-state index contributed by atoms with van der Waals surface area (Å²) in [5.74, 6) is 0.150. The highest BCUT2D eigenvalue weighted by molar-refractivity contribution is 5.92. The van der Waals surface area contributed by atoms with Crippen LogP contribution in [0.25, 0.3) is 44.3 Å². The van der Waals surface area contributed by atoms with Gasteiger partial charge in [-0.2, -0.15) is 0 Å². The number of para-hydroxylation sites is 1. The molecular formula is C30H24N2O6. The third-order valence-corrected chi connectivity index (χ3v) is 5.98. The summed E-state index contributed by atoms with van der Waals surface area (Å²) in [5.41, 5.74) is 3.61. The molecule has 0 saturated heterocycles. The molecular weight excluding hydrogens is 484 g/mol. The number of rotatable bonds is 8. The van der Waals surface area contributed by atoms with Gasteiger partial charge in [0.05, 0.1) is 31.3 Å². The monoisotopic (exact) mass is 508 g/mol. The minimum Gasteiger partial charge on any atom is -0.481 e. The van der Waals surface area contributed by atoms with Crippen molar-refractivity contribution < 1.29 is 28.5 Å². The van der Waals surface area contributed by atoms with Crippen LogP contribution in [-0.4, -0.2) is 49.3 Å². The maximum absolute atomic E-state index is 11.6. The highest BCUT2D eigenvalue weighted by atomic mass is 16.6. The highest BCUT2D eigenvalue weighted by Crippen LogP contribution is 2.32. The Hall–Kier alpha value is -4.98. The number of aromatic nitrogens is 2. The molecule has 2 aromatic heterocycles. The Labute approximate surface area is 218 Å². The van der Waals surface area contributed by atoms with Crippen LogP contribution < -0.4 is 9.47 Å². The molecule has 0 unspecified atom stereocenters. The zero-order valence-corrected chi connectivity index (χ0v) is 20.8. The van der Waals surface area contributed by atoms with Crippen molar-refractivity contribution in [1.82, 2.24) is 9.97 Å². The fourth-order valence-electron chi connectivity index (χ4n) is 4.04. The van der Waals surface area contributed by atoms with Crippen LogP contribution >= 0.6 is 0 Å². The Morgan fingerprint density at radius 2 is 1.24 bits per heavy atom. The molecule has 0 bridgehead atoms. The Bertz CT molecular complexity index is 1530. The van der Waals surface area contributed by atoms with Crippen LogP contribution in [-0.2, 0) is 19.1 Å². The van der Waals surface area contributed by atoms with Crippen LogP contribution in [0.15, 0.2) is 84.9 Å². The number of benzene rings is 3. The first-order valence-corrected chi connectivity index (χ1v) is 11.9. The van der Waals surface area contributed by atoms with Crippen LogP contribution in [0.1, 0.15) is 0 Å². The molecule has 0 N–H and O–H groups in total. The summed E-state index contributed by atoms with van der Waals surface area (Å²) in [6.45, 7) is -0.380. The van der Waals surface area contributed by atoms with E-state index in [0.717, 1.165) is 27.4 Å². The molecule has 0 saturated carbocycles. The molecule has 2 heterocycles. The van der Waals surface area contributed by atoms with E-state index in [4.69, 9.17) is 19.4 Å². The normalized spacial score (nSPS) is 10.8. The minimum atomic E-state index is -0.471. The summed E-state index contributed by atoms with van der Waals surface area (Å²) in [7, 11) is 2.64. The molecule has 5 aromatic rings. The van der Waals surface area contributed by atoms with Gasteiger partial charge in [0.25, 0.3) is 0 Å². The predicted octanol–water partition coefficient (Wildman–Crippen LogP) is 5.22. The van der Waals surface area contributed by atoms with E-state index in [9.17, 15) is 9.59 Å². The van der Waals surface area contributed by atoms with E-state index in [1.54, 1.807) is 6.07 Å². The lowest BCUT2D eigenvalue weighted by molar-refractivity contribution is -0.143. The largest absolute Gasteiger partial charge is 0.481 e. The maximum atomic E-state index is 11.6. The Morgan fingerprint density at radius 3 is 2.00 bits per heavy atom. The summed E-state index contributed by atoms with van der Waals surface area (Å²) in [4.78, 5) is 32.8. The number of ether oxygens (including phenoxy) is 4. The van der Waals surface area contributed by atoms with E-state index in [0.29, 0.717) is 28.4 Å². The van der Waals surface area contributed by atoms with Crippen LogP contribution in [0.3, 0.4) is 0 Å². The first kappa shape index (κ1) is 24.7. The first-order valence-electron chi connectivity index (χ1n) is 11.9. The number of pyridine rings is 2. The van der Waals surface area contributed by atoms with Crippen molar-refractivity contribution in [3.05, 3.63) is 84.9 Å². The summed E-state index contributed by atoms with van der Waals surface area (Å²) in [5, 5.41) is 2.71. The van der Waals surface area contributed by atoms with Gasteiger partial charge in [-0.3, -0.25) is 0 Å². The third kappa shape index (κ3) is 5.24. The van der Waals surface area contributed by atoms with Gasteiger partial charge < -0.3 is 18.9 Å². The number of methoxy groups -OCH3 is 2. The van der Waals surface area contributed by atoms with Crippen molar-refractivity contribution in [3.63, 3.8) is 0 Å². The zero-order valence-electron chi connectivity index (χ0n) is 20.8. The summed E-state index contributed by atoms with van der Waals surface area (Å²) < 4.78 is 20.7. The lowest BCUT2D eigenvalue weighted by Crippen LogP contribution is -2.12. The highest BCUT2D eigenvalue weighted by Gasteiger charge is 2.12. The second-order valence-electron chi connectivity index (χ2n) is 8.35. The summed E-state index contributed by atoms with van der Waals surface area (Å²) >= 11 is 0. The van der Waals surface area contributed by atoms with Crippen molar-refractivity contribution in [1.29, 1.82) is 0 Å². The second-order valence-corrected chi connectivity index (χ2v) is 8.35. The van der Waals surface area contributed by atoms with Gasteiger partial charge in [0, 0.05) is 16.3 Å². The van der Waals surface area contributed by atoms with Gasteiger partial charge in [-0.05, 0) is 41.8 Å². The number of esters is 2. The van der Waals surface area contributed by atoms with Gasteiger partial charge in [-0.25, -0.2) is 19.6 Å². The maximum Gasteiger partial charge on any atom is 0.343 e. The SMILES string of the molecule is COC(=O)COc1cccc2ccc(-c3cccc(-c4ccc5cccc(OCC(=O)OC)c5n4)n3)cc12. The number of carbonyl (C=O) groups is 2. The molecule has 0 atom stereocenters. The molecule has 8 heteroatoms.